The first-order chi connectivity index (χ1) is 12.2. The van der Waals surface area contributed by atoms with Crippen molar-refractivity contribution in [3.8, 4) is 0 Å². The molecule has 0 atom stereocenters. The normalized spacial score (nSPS) is 14.3. The summed E-state index contributed by atoms with van der Waals surface area (Å²) in [6, 6.07) is 10.1. The Balaban J connectivity index is 1.65. The number of nitrogens with zero attached hydrogens (tertiary/aromatic N) is 3. The summed E-state index contributed by atoms with van der Waals surface area (Å²) in [6.45, 7) is 0. The lowest BCUT2D eigenvalue weighted by Crippen LogP contribution is -2.19. The highest BCUT2D eigenvalue weighted by atomic mass is 32.1. The van der Waals surface area contributed by atoms with Gasteiger partial charge in [-0.05, 0) is 49.2 Å². The molecule has 5 rings (SSSR count). The molecule has 25 heavy (non-hydrogen) atoms. The van der Waals surface area contributed by atoms with Gasteiger partial charge in [-0.2, -0.15) is 0 Å². The van der Waals surface area contributed by atoms with Gasteiger partial charge in [-0.1, -0.05) is 11.3 Å². The van der Waals surface area contributed by atoms with Gasteiger partial charge < -0.3 is 5.32 Å². The van der Waals surface area contributed by atoms with E-state index in [9.17, 15) is 9.18 Å². The first-order valence-corrected chi connectivity index (χ1v) is 8.84. The van der Waals surface area contributed by atoms with E-state index >= 15 is 0 Å². The molecule has 0 unspecified atom stereocenters. The molecule has 1 N–H and O–H groups in total. The van der Waals surface area contributed by atoms with Crippen molar-refractivity contribution in [2.75, 3.05) is 5.32 Å². The molecular formula is C18H13FN4OS. The van der Waals surface area contributed by atoms with Gasteiger partial charge in [-0.3, -0.25) is 9.36 Å². The van der Waals surface area contributed by atoms with Gasteiger partial charge >= 0.3 is 0 Å². The first kappa shape index (κ1) is 14.5. The Morgan fingerprint density at radius 2 is 1.88 bits per heavy atom. The van der Waals surface area contributed by atoms with E-state index in [1.165, 1.54) is 23.5 Å². The van der Waals surface area contributed by atoms with Crippen LogP contribution in [0.3, 0.4) is 0 Å². The number of hydrogen-bond donors (Lipinski definition) is 1. The van der Waals surface area contributed by atoms with Crippen LogP contribution in [0.25, 0.3) is 21.1 Å². The van der Waals surface area contributed by atoms with E-state index in [4.69, 9.17) is 0 Å². The van der Waals surface area contributed by atoms with Crippen LogP contribution in [0.2, 0.25) is 0 Å². The second-order valence-corrected chi connectivity index (χ2v) is 7.15. The smallest absolute Gasteiger partial charge is 0.262 e. The molecule has 0 radical (unpaired) electrons. The highest BCUT2D eigenvalue weighted by Crippen LogP contribution is 2.35. The largest absolute Gasteiger partial charge is 0.332 e. The molecule has 1 saturated carbocycles. The molecule has 1 aliphatic carbocycles. The number of benzene rings is 2. The van der Waals surface area contributed by atoms with Crippen molar-refractivity contribution < 1.29 is 4.39 Å². The lowest BCUT2D eigenvalue weighted by Gasteiger charge is -2.04. The summed E-state index contributed by atoms with van der Waals surface area (Å²) >= 11 is 1.41. The summed E-state index contributed by atoms with van der Waals surface area (Å²) in [5.74, 6) is -0.285. The average Bonchev–Trinajstić information content (AvgIpc) is 3.36. The van der Waals surface area contributed by atoms with Crippen LogP contribution in [0.4, 0.5) is 15.2 Å². The molecular weight excluding hydrogens is 339 g/mol. The average molecular weight is 352 g/mol. The fourth-order valence-corrected chi connectivity index (χ4v) is 3.94. The molecule has 0 saturated heterocycles. The third-order valence-corrected chi connectivity index (χ3v) is 5.35. The molecule has 2 aromatic heterocycles. The van der Waals surface area contributed by atoms with Crippen molar-refractivity contribution >= 4 is 43.3 Å². The number of rotatable bonds is 3. The van der Waals surface area contributed by atoms with Gasteiger partial charge in [0.05, 0.1) is 27.4 Å². The molecule has 0 aliphatic heterocycles. The van der Waals surface area contributed by atoms with Gasteiger partial charge in [-0.25, -0.2) is 14.4 Å². The third kappa shape index (κ3) is 2.47. The number of hydrogen-bond acceptors (Lipinski definition) is 5. The molecule has 1 aliphatic rings. The highest BCUT2D eigenvalue weighted by molar-refractivity contribution is 7.23. The van der Waals surface area contributed by atoms with Crippen molar-refractivity contribution in [1.82, 2.24) is 14.5 Å². The fraction of sp³-hybridized carbons (Fsp3) is 0.167. The lowest BCUT2D eigenvalue weighted by molar-refractivity contribution is 0.628. The van der Waals surface area contributed by atoms with E-state index in [1.54, 1.807) is 23.0 Å². The van der Waals surface area contributed by atoms with Gasteiger partial charge in [0, 0.05) is 11.7 Å². The number of nitrogens with one attached hydrogen (secondary N) is 1. The number of thiazole rings is 1. The Labute approximate surface area is 145 Å². The van der Waals surface area contributed by atoms with E-state index in [-0.39, 0.29) is 17.4 Å². The summed E-state index contributed by atoms with van der Waals surface area (Å²) in [4.78, 5) is 21.9. The van der Waals surface area contributed by atoms with Crippen LogP contribution >= 0.6 is 11.3 Å². The van der Waals surface area contributed by atoms with Crippen LogP contribution in [0.1, 0.15) is 18.9 Å². The second kappa shape index (κ2) is 5.35. The van der Waals surface area contributed by atoms with Gasteiger partial charge in [0.25, 0.3) is 5.56 Å². The Morgan fingerprint density at radius 3 is 2.64 bits per heavy atom. The standard InChI is InChI=1S/C18H13FN4OS/c19-10-1-3-11(4-2-10)21-18-22-14-8-7-13-15(16(14)25-18)17(24)23(9-20-13)12-5-6-12/h1-4,7-9,12H,5-6H2,(H,21,22). The zero-order valence-electron chi connectivity index (χ0n) is 13.1. The minimum absolute atomic E-state index is 0.00455. The van der Waals surface area contributed by atoms with Crippen LogP contribution < -0.4 is 10.9 Å². The second-order valence-electron chi connectivity index (χ2n) is 6.15. The van der Waals surface area contributed by atoms with E-state index in [2.05, 4.69) is 15.3 Å². The third-order valence-electron chi connectivity index (χ3n) is 4.34. The molecule has 124 valence electrons. The van der Waals surface area contributed by atoms with E-state index in [0.717, 1.165) is 28.7 Å². The maximum Gasteiger partial charge on any atom is 0.262 e. The van der Waals surface area contributed by atoms with Crippen LogP contribution in [0.15, 0.2) is 47.5 Å². The Morgan fingerprint density at radius 1 is 1.12 bits per heavy atom. The quantitative estimate of drug-likeness (QED) is 0.600. The number of anilines is 2. The van der Waals surface area contributed by atoms with Crippen molar-refractivity contribution in [2.45, 2.75) is 18.9 Å². The van der Waals surface area contributed by atoms with Crippen molar-refractivity contribution in [2.24, 2.45) is 0 Å². The maximum absolute atomic E-state index is 13.0. The molecule has 5 nitrogen and oxygen atoms in total. The maximum atomic E-state index is 13.0. The van der Waals surface area contributed by atoms with Gasteiger partial charge in [-0.15, -0.1) is 0 Å². The van der Waals surface area contributed by atoms with Gasteiger partial charge in [0.1, 0.15) is 5.82 Å². The minimum Gasteiger partial charge on any atom is -0.332 e. The van der Waals surface area contributed by atoms with Gasteiger partial charge in [0.2, 0.25) is 0 Å². The van der Waals surface area contributed by atoms with Gasteiger partial charge in [0.15, 0.2) is 5.13 Å². The predicted molar refractivity (Wildman–Crippen MR) is 97.1 cm³/mol. The first-order valence-electron chi connectivity index (χ1n) is 8.02. The molecule has 0 bridgehead atoms. The Hall–Kier alpha value is -2.80. The summed E-state index contributed by atoms with van der Waals surface area (Å²) in [5.41, 5.74) is 2.19. The van der Waals surface area contributed by atoms with Crippen LogP contribution in [0, 0.1) is 5.82 Å². The highest BCUT2D eigenvalue weighted by Gasteiger charge is 2.26. The SMILES string of the molecule is O=c1c2c(ccc3nc(Nc4ccc(F)cc4)sc32)ncn1C1CC1. The van der Waals surface area contributed by atoms with Crippen LogP contribution in [0.5, 0.6) is 0 Å². The van der Waals surface area contributed by atoms with E-state index < -0.39 is 0 Å². The van der Waals surface area contributed by atoms with Crippen molar-refractivity contribution in [3.63, 3.8) is 0 Å². The summed E-state index contributed by atoms with van der Waals surface area (Å²) < 4.78 is 15.6. The van der Waals surface area contributed by atoms with Crippen LogP contribution in [-0.4, -0.2) is 14.5 Å². The Kier molecular flexibility index (Phi) is 3.11. The number of aromatic nitrogens is 3. The van der Waals surface area contributed by atoms with Crippen molar-refractivity contribution in [1.29, 1.82) is 0 Å². The molecule has 2 heterocycles. The van der Waals surface area contributed by atoms with Crippen molar-refractivity contribution in [3.05, 3.63) is 58.9 Å². The van der Waals surface area contributed by atoms with E-state index in [0.29, 0.717) is 16.0 Å². The molecule has 1 fully saturated rings. The number of halogens is 1. The summed E-state index contributed by atoms with van der Waals surface area (Å²) in [5, 5.41) is 4.45. The summed E-state index contributed by atoms with van der Waals surface area (Å²) in [6.07, 6.45) is 3.71. The minimum atomic E-state index is -0.285. The lowest BCUT2D eigenvalue weighted by atomic mass is 10.2. The molecule has 0 amide bonds. The Bertz CT molecular complexity index is 1160. The number of fused-ring (bicyclic) bond motifs is 3. The molecule has 4 aromatic rings. The zero-order chi connectivity index (χ0) is 17.0. The molecule has 7 heteroatoms. The monoisotopic (exact) mass is 352 g/mol. The summed E-state index contributed by atoms with van der Waals surface area (Å²) in [7, 11) is 0. The topological polar surface area (TPSA) is 59.8 Å². The predicted octanol–water partition coefficient (Wildman–Crippen LogP) is 4.22. The molecule has 0 spiro atoms. The van der Waals surface area contributed by atoms with Crippen LogP contribution in [-0.2, 0) is 0 Å². The zero-order valence-corrected chi connectivity index (χ0v) is 13.9. The van der Waals surface area contributed by atoms with E-state index in [1.807, 2.05) is 12.1 Å². The molecule has 2 aromatic carbocycles. The fourth-order valence-electron chi connectivity index (χ4n) is 2.92.